The minimum atomic E-state index is -0.850. The molecule has 5 heteroatoms. The molecule has 2 N–H and O–H groups in total. The molecule has 2 atom stereocenters. The Kier molecular flexibility index (Phi) is 3.26. The molecule has 0 saturated heterocycles. The summed E-state index contributed by atoms with van der Waals surface area (Å²) in [5.41, 5.74) is -0.151. The van der Waals surface area contributed by atoms with Crippen LogP contribution in [0.3, 0.4) is 0 Å². The summed E-state index contributed by atoms with van der Waals surface area (Å²) < 4.78 is 5.02. The highest BCUT2D eigenvalue weighted by atomic mass is 16.6. The lowest BCUT2D eigenvalue weighted by Gasteiger charge is -2.20. The highest BCUT2D eigenvalue weighted by Crippen LogP contribution is 2.42. The maximum atomic E-state index is 11.3. The third kappa shape index (κ3) is 3.56. The first-order chi connectivity index (χ1) is 7.20. The van der Waals surface area contributed by atoms with Crippen LogP contribution in [0.5, 0.6) is 0 Å². The monoisotopic (exact) mass is 227 g/mol. The molecular formula is C11H17NO4. The maximum Gasteiger partial charge on any atom is 0.411 e. The summed E-state index contributed by atoms with van der Waals surface area (Å²) >= 11 is 0. The lowest BCUT2D eigenvalue weighted by Crippen LogP contribution is -2.32. The molecule has 1 amide bonds. The summed E-state index contributed by atoms with van der Waals surface area (Å²) in [5.74, 6) is -1.43. The summed E-state index contributed by atoms with van der Waals surface area (Å²) in [7, 11) is 0. The van der Waals surface area contributed by atoms with Gasteiger partial charge in [0.1, 0.15) is 5.60 Å². The van der Waals surface area contributed by atoms with Crippen LogP contribution < -0.4 is 5.32 Å². The largest absolute Gasteiger partial charge is 0.481 e. The Bertz CT molecular complexity index is 329. The second-order valence-electron chi connectivity index (χ2n) is 4.94. The number of hydrogen-bond donors (Lipinski definition) is 2. The van der Waals surface area contributed by atoms with E-state index in [-0.39, 0.29) is 5.92 Å². The van der Waals surface area contributed by atoms with E-state index in [1.54, 1.807) is 20.8 Å². The summed E-state index contributed by atoms with van der Waals surface area (Å²) in [6.07, 6.45) is -0.0576. The fraction of sp³-hybridized carbons (Fsp3) is 0.636. The number of carboxylic acid groups (broad SMARTS) is 1. The molecule has 1 rings (SSSR count). The summed E-state index contributed by atoms with van der Waals surface area (Å²) in [5, 5.41) is 11.2. The van der Waals surface area contributed by atoms with Crippen LogP contribution in [-0.2, 0) is 9.53 Å². The molecule has 0 aliphatic heterocycles. The zero-order valence-electron chi connectivity index (χ0n) is 9.74. The number of nitrogens with one attached hydrogen (secondary N) is 1. The van der Waals surface area contributed by atoms with Crippen LogP contribution in [-0.4, -0.2) is 22.8 Å². The molecule has 0 aromatic rings. The van der Waals surface area contributed by atoms with Gasteiger partial charge >= 0.3 is 12.1 Å². The fourth-order valence-electron chi connectivity index (χ4n) is 1.38. The van der Waals surface area contributed by atoms with Crippen LogP contribution >= 0.6 is 0 Å². The van der Waals surface area contributed by atoms with E-state index in [9.17, 15) is 9.59 Å². The van der Waals surface area contributed by atoms with Gasteiger partial charge in [0.15, 0.2) is 0 Å². The molecular weight excluding hydrogens is 210 g/mol. The van der Waals surface area contributed by atoms with Gasteiger partial charge in [0.05, 0.1) is 5.92 Å². The zero-order valence-corrected chi connectivity index (χ0v) is 9.74. The molecule has 0 heterocycles. The van der Waals surface area contributed by atoms with Crippen LogP contribution in [0.4, 0.5) is 4.79 Å². The predicted octanol–water partition coefficient (Wildman–Crippen LogP) is 1.75. The molecule has 0 bridgehead atoms. The Morgan fingerprint density at radius 2 is 1.94 bits per heavy atom. The Morgan fingerprint density at radius 3 is 2.31 bits per heavy atom. The molecule has 1 saturated carbocycles. The van der Waals surface area contributed by atoms with E-state index < -0.39 is 23.6 Å². The number of allylic oxidation sites excluding steroid dienone is 1. The van der Waals surface area contributed by atoms with E-state index in [0.29, 0.717) is 12.1 Å². The van der Waals surface area contributed by atoms with Crippen LogP contribution in [0.2, 0.25) is 0 Å². The molecule has 90 valence electrons. The quantitative estimate of drug-likeness (QED) is 0.770. The minimum Gasteiger partial charge on any atom is -0.481 e. The third-order valence-corrected chi connectivity index (χ3v) is 2.22. The maximum absolute atomic E-state index is 11.3. The molecule has 0 radical (unpaired) electrons. The smallest absolute Gasteiger partial charge is 0.411 e. The van der Waals surface area contributed by atoms with Crippen molar-refractivity contribution in [2.45, 2.75) is 32.8 Å². The number of carbonyl (C=O) groups is 2. The van der Waals surface area contributed by atoms with Crippen molar-refractivity contribution >= 4 is 12.1 Å². The van der Waals surface area contributed by atoms with Crippen molar-refractivity contribution < 1.29 is 19.4 Å². The average molecular weight is 227 g/mol. The molecule has 5 nitrogen and oxygen atoms in total. The molecule has 16 heavy (non-hydrogen) atoms. The van der Waals surface area contributed by atoms with E-state index in [1.165, 1.54) is 0 Å². The van der Waals surface area contributed by atoms with Crippen molar-refractivity contribution in [3.8, 4) is 0 Å². The van der Waals surface area contributed by atoms with E-state index >= 15 is 0 Å². The molecule has 1 aliphatic carbocycles. The Balaban J connectivity index is 2.37. The molecule has 1 aliphatic rings. The van der Waals surface area contributed by atoms with Crippen LogP contribution in [0.15, 0.2) is 12.3 Å². The van der Waals surface area contributed by atoms with Crippen molar-refractivity contribution in [2.75, 3.05) is 0 Å². The van der Waals surface area contributed by atoms with Crippen molar-refractivity contribution in [2.24, 2.45) is 11.8 Å². The number of carboxylic acids is 1. The molecule has 0 aromatic heterocycles. The molecule has 0 aromatic carbocycles. The second-order valence-corrected chi connectivity index (χ2v) is 4.94. The van der Waals surface area contributed by atoms with Crippen molar-refractivity contribution in [1.82, 2.24) is 5.32 Å². The Hall–Kier alpha value is -1.52. The van der Waals surface area contributed by atoms with Gasteiger partial charge in [-0.05, 0) is 27.2 Å². The van der Waals surface area contributed by atoms with Gasteiger partial charge in [-0.25, -0.2) is 4.79 Å². The first kappa shape index (κ1) is 12.5. The fourth-order valence-corrected chi connectivity index (χ4v) is 1.38. The van der Waals surface area contributed by atoms with Gasteiger partial charge in [0, 0.05) is 11.6 Å². The Morgan fingerprint density at radius 1 is 1.38 bits per heavy atom. The molecule has 1 fully saturated rings. The van der Waals surface area contributed by atoms with Gasteiger partial charge in [-0.2, -0.15) is 0 Å². The predicted molar refractivity (Wildman–Crippen MR) is 57.7 cm³/mol. The standard InChI is InChI=1S/C11H17NO4/c1-6(7-5-8(7)9(13)14)12-10(15)16-11(2,3)4/h7-8H,1,5H2,2-4H3,(H,12,15)(H,13,14)/t7-,8-/m1/s1. The van der Waals surface area contributed by atoms with Crippen molar-refractivity contribution in [3.05, 3.63) is 12.3 Å². The van der Waals surface area contributed by atoms with Gasteiger partial charge in [0.2, 0.25) is 0 Å². The van der Waals surface area contributed by atoms with E-state index in [4.69, 9.17) is 9.84 Å². The second kappa shape index (κ2) is 4.15. The first-order valence-electron chi connectivity index (χ1n) is 5.12. The summed E-state index contributed by atoms with van der Waals surface area (Å²) in [4.78, 5) is 21.9. The van der Waals surface area contributed by atoms with Gasteiger partial charge in [0.25, 0.3) is 0 Å². The molecule has 0 unspecified atom stereocenters. The van der Waals surface area contributed by atoms with E-state index in [0.717, 1.165) is 0 Å². The summed E-state index contributed by atoms with van der Waals surface area (Å²) in [6, 6.07) is 0. The van der Waals surface area contributed by atoms with Gasteiger partial charge in [-0.15, -0.1) is 0 Å². The van der Waals surface area contributed by atoms with Crippen molar-refractivity contribution in [3.63, 3.8) is 0 Å². The van der Waals surface area contributed by atoms with Gasteiger partial charge < -0.3 is 9.84 Å². The van der Waals surface area contributed by atoms with Gasteiger partial charge in [-0.3, -0.25) is 10.1 Å². The average Bonchev–Trinajstić information content (AvgIpc) is 2.76. The molecule has 0 spiro atoms. The number of amides is 1. The highest BCUT2D eigenvalue weighted by Gasteiger charge is 2.45. The normalized spacial score (nSPS) is 23.4. The van der Waals surface area contributed by atoms with E-state index in [1.807, 2.05) is 0 Å². The van der Waals surface area contributed by atoms with Crippen LogP contribution in [0, 0.1) is 11.8 Å². The Labute approximate surface area is 94.5 Å². The van der Waals surface area contributed by atoms with Crippen LogP contribution in [0.1, 0.15) is 27.2 Å². The lowest BCUT2D eigenvalue weighted by atomic mass is 10.2. The van der Waals surface area contributed by atoms with Gasteiger partial charge in [-0.1, -0.05) is 6.58 Å². The number of aliphatic carboxylic acids is 1. The summed E-state index contributed by atoms with van der Waals surface area (Å²) in [6.45, 7) is 8.91. The lowest BCUT2D eigenvalue weighted by molar-refractivity contribution is -0.138. The minimum absolute atomic E-state index is 0.162. The number of alkyl carbamates (subject to hydrolysis) is 1. The topological polar surface area (TPSA) is 75.6 Å². The SMILES string of the molecule is C=C(NC(=O)OC(C)(C)C)[C@H]1C[C@H]1C(=O)O. The highest BCUT2D eigenvalue weighted by molar-refractivity contribution is 5.76. The number of rotatable bonds is 3. The first-order valence-corrected chi connectivity index (χ1v) is 5.12. The van der Waals surface area contributed by atoms with Crippen molar-refractivity contribution in [1.29, 1.82) is 0 Å². The van der Waals surface area contributed by atoms with E-state index in [2.05, 4.69) is 11.9 Å². The number of ether oxygens (including phenoxy) is 1. The van der Waals surface area contributed by atoms with Crippen LogP contribution in [0.25, 0.3) is 0 Å². The third-order valence-electron chi connectivity index (χ3n) is 2.22. The zero-order chi connectivity index (χ0) is 12.5. The number of carbonyl (C=O) groups excluding carboxylic acids is 1. The number of hydrogen-bond acceptors (Lipinski definition) is 3.